The number of nitrogens with one attached hydrogen (secondary N) is 1. The van der Waals surface area contributed by atoms with Gasteiger partial charge in [0.15, 0.2) is 0 Å². The number of anilines is 1. The Morgan fingerprint density at radius 1 is 1.38 bits per heavy atom. The Labute approximate surface area is 125 Å². The zero-order chi connectivity index (χ0) is 15.6. The van der Waals surface area contributed by atoms with Gasteiger partial charge in [-0.3, -0.25) is 10.1 Å². The second kappa shape index (κ2) is 5.80. The van der Waals surface area contributed by atoms with Crippen molar-refractivity contribution in [1.29, 1.82) is 0 Å². The summed E-state index contributed by atoms with van der Waals surface area (Å²) in [5.41, 5.74) is 1.90. The number of nitro groups is 1. The molecule has 9 heteroatoms. The van der Waals surface area contributed by atoms with Crippen molar-refractivity contribution in [3.05, 3.63) is 50.9 Å². The van der Waals surface area contributed by atoms with Crippen LogP contribution in [0.2, 0.25) is 0 Å². The van der Waals surface area contributed by atoms with Gasteiger partial charge in [-0.25, -0.2) is 13.6 Å². The number of thiophene rings is 1. The van der Waals surface area contributed by atoms with E-state index in [1.807, 2.05) is 0 Å². The molecule has 0 bridgehead atoms. The van der Waals surface area contributed by atoms with Gasteiger partial charge < -0.3 is 5.32 Å². The lowest BCUT2D eigenvalue weighted by Gasteiger charge is -2.09. The first-order chi connectivity index (χ1) is 9.77. The van der Waals surface area contributed by atoms with E-state index >= 15 is 0 Å². The highest BCUT2D eigenvalue weighted by atomic mass is 32.2. The van der Waals surface area contributed by atoms with E-state index in [2.05, 4.69) is 5.32 Å². The zero-order valence-electron chi connectivity index (χ0n) is 11.1. The Balaban J connectivity index is 2.15. The van der Waals surface area contributed by atoms with E-state index in [9.17, 15) is 18.5 Å². The standard InChI is InChI=1S/C12H13N3O4S2/c1-8-2-3-10(5-11(8)21(13,18)19)14-6-9-4-12(15(16)17)20-7-9/h2-5,7,14H,6H2,1H3,(H2,13,18,19). The molecule has 0 unspecified atom stereocenters. The van der Waals surface area contributed by atoms with E-state index in [0.29, 0.717) is 17.8 Å². The molecule has 2 rings (SSSR count). The number of benzene rings is 1. The normalized spacial score (nSPS) is 11.3. The Morgan fingerprint density at radius 3 is 2.67 bits per heavy atom. The van der Waals surface area contributed by atoms with Gasteiger partial charge in [0, 0.05) is 23.7 Å². The first-order valence-corrected chi connectivity index (χ1v) is 8.29. The van der Waals surface area contributed by atoms with Crippen LogP contribution in [0.25, 0.3) is 0 Å². The maximum atomic E-state index is 11.4. The fraction of sp³-hybridized carbons (Fsp3) is 0.167. The molecule has 0 radical (unpaired) electrons. The van der Waals surface area contributed by atoms with Gasteiger partial charge in [-0.15, -0.1) is 0 Å². The van der Waals surface area contributed by atoms with Crippen LogP contribution in [0.15, 0.2) is 34.5 Å². The lowest BCUT2D eigenvalue weighted by molar-refractivity contribution is -0.380. The second-order valence-electron chi connectivity index (χ2n) is 4.43. The molecule has 1 aromatic carbocycles. The van der Waals surface area contributed by atoms with Gasteiger partial charge >= 0.3 is 5.00 Å². The molecule has 1 aromatic heterocycles. The Morgan fingerprint density at radius 2 is 2.10 bits per heavy atom. The molecule has 112 valence electrons. The smallest absolute Gasteiger partial charge is 0.324 e. The second-order valence-corrected chi connectivity index (χ2v) is 6.85. The van der Waals surface area contributed by atoms with Crippen molar-refractivity contribution >= 4 is 32.0 Å². The van der Waals surface area contributed by atoms with E-state index in [1.54, 1.807) is 24.4 Å². The molecule has 1 heterocycles. The molecular weight excluding hydrogens is 314 g/mol. The van der Waals surface area contributed by atoms with Crippen LogP contribution in [0.5, 0.6) is 0 Å². The molecule has 2 aromatic rings. The molecule has 0 atom stereocenters. The topological polar surface area (TPSA) is 115 Å². The van der Waals surface area contributed by atoms with E-state index in [4.69, 9.17) is 5.14 Å². The third-order valence-electron chi connectivity index (χ3n) is 2.81. The lowest BCUT2D eigenvalue weighted by Crippen LogP contribution is -2.14. The number of primary sulfonamides is 1. The number of nitrogens with zero attached hydrogens (tertiary/aromatic N) is 1. The van der Waals surface area contributed by atoms with Gasteiger partial charge in [-0.05, 0) is 30.2 Å². The third kappa shape index (κ3) is 3.78. The number of sulfonamides is 1. The minimum Gasteiger partial charge on any atom is -0.381 e. The van der Waals surface area contributed by atoms with Crippen molar-refractivity contribution in [3.63, 3.8) is 0 Å². The highest BCUT2D eigenvalue weighted by Crippen LogP contribution is 2.24. The Kier molecular flexibility index (Phi) is 4.26. The zero-order valence-corrected chi connectivity index (χ0v) is 12.7. The lowest BCUT2D eigenvalue weighted by atomic mass is 10.2. The Hall–Kier alpha value is -1.97. The van der Waals surface area contributed by atoms with Crippen LogP contribution in [0.1, 0.15) is 11.1 Å². The molecule has 0 aliphatic rings. The van der Waals surface area contributed by atoms with Gasteiger partial charge in [0.25, 0.3) is 0 Å². The number of hydrogen-bond donors (Lipinski definition) is 2. The largest absolute Gasteiger partial charge is 0.381 e. The first kappa shape index (κ1) is 15.4. The summed E-state index contributed by atoms with van der Waals surface area (Å²) in [6.45, 7) is 2.02. The van der Waals surface area contributed by atoms with Gasteiger partial charge in [-0.2, -0.15) is 0 Å². The Bertz CT molecular complexity index is 784. The quantitative estimate of drug-likeness (QED) is 0.645. The van der Waals surface area contributed by atoms with Gasteiger partial charge in [0.2, 0.25) is 10.0 Å². The van der Waals surface area contributed by atoms with E-state index in [1.165, 1.54) is 12.1 Å². The highest BCUT2D eigenvalue weighted by Gasteiger charge is 2.13. The molecule has 0 saturated heterocycles. The minimum absolute atomic E-state index is 0.0591. The maximum Gasteiger partial charge on any atom is 0.324 e. The number of aryl methyl sites for hydroxylation is 1. The summed E-state index contributed by atoms with van der Waals surface area (Å²) in [6.07, 6.45) is 0. The molecule has 0 fully saturated rings. The maximum absolute atomic E-state index is 11.4. The van der Waals surface area contributed by atoms with Crippen molar-refractivity contribution in [2.24, 2.45) is 5.14 Å². The molecule has 0 aliphatic heterocycles. The summed E-state index contributed by atoms with van der Waals surface area (Å²) in [7, 11) is -3.77. The summed E-state index contributed by atoms with van der Waals surface area (Å²) in [5, 5.41) is 20.5. The SMILES string of the molecule is Cc1ccc(NCc2csc([N+](=O)[O-])c2)cc1S(N)(=O)=O. The minimum atomic E-state index is -3.77. The molecule has 3 N–H and O–H groups in total. The average molecular weight is 327 g/mol. The molecule has 0 spiro atoms. The summed E-state index contributed by atoms with van der Waals surface area (Å²) in [6, 6.07) is 6.31. The van der Waals surface area contributed by atoms with E-state index < -0.39 is 14.9 Å². The van der Waals surface area contributed by atoms with Crippen molar-refractivity contribution in [2.45, 2.75) is 18.4 Å². The molecule has 0 aliphatic carbocycles. The summed E-state index contributed by atoms with van der Waals surface area (Å²) in [5.74, 6) is 0. The van der Waals surface area contributed by atoms with Crippen LogP contribution in [-0.4, -0.2) is 13.3 Å². The predicted octanol–water partition coefficient (Wildman–Crippen LogP) is 2.22. The van der Waals surface area contributed by atoms with Crippen LogP contribution in [0.4, 0.5) is 10.7 Å². The first-order valence-electron chi connectivity index (χ1n) is 5.86. The number of rotatable bonds is 5. The van der Waals surface area contributed by atoms with Crippen molar-refractivity contribution in [3.8, 4) is 0 Å². The van der Waals surface area contributed by atoms with Crippen molar-refractivity contribution in [1.82, 2.24) is 0 Å². The van der Waals surface area contributed by atoms with Gasteiger partial charge in [0.05, 0.1) is 9.82 Å². The third-order valence-corrected chi connectivity index (χ3v) is 4.79. The van der Waals surface area contributed by atoms with Crippen LogP contribution < -0.4 is 10.5 Å². The van der Waals surface area contributed by atoms with Crippen LogP contribution in [0, 0.1) is 17.0 Å². The van der Waals surface area contributed by atoms with Gasteiger partial charge in [0.1, 0.15) is 0 Å². The van der Waals surface area contributed by atoms with Crippen molar-refractivity contribution < 1.29 is 13.3 Å². The van der Waals surface area contributed by atoms with Crippen LogP contribution >= 0.6 is 11.3 Å². The molecule has 7 nitrogen and oxygen atoms in total. The van der Waals surface area contributed by atoms with E-state index in [-0.39, 0.29) is 9.90 Å². The number of nitrogens with two attached hydrogens (primary N) is 1. The summed E-state index contributed by atoms with van der Waals surface area (Å²) in [4.78, 5) is 10.2. The molecule has 21 heavy (non-hydrogen) atoms. The molecule has 0 saturated carbocycles. The number of hydrogen-bond acceptors (Lipinski definition) is 6. The van der Waals surface area contributed by atoms with E-state index in [0.717, 1.165) is 16.9 Å². The molecular formula is C12H13N3O4S2. The predicted molar refractivity (Wildman–Crippen MR) is 80.9 cm³/mol. The van der Waals surface area contributed by atoms with Crippen LogP contribution in [-0.2, 0) is 16.6 Å². The summed E-state index contributed by atoms with van der Waals surface area (Å²) < 4.78 is 22.9. The van der Waals surface area contributed by atoms with Crippen molar-refractivity contribution in [2.75, 3.05) is 5.32 Å². The highest BCUT2D eigenvalue weighted by molar-refractivity contribution is 7.89. The van der Waals surface area contributed by atoms with Gasteiger partial charge in [-0.1, -0.05) is 17.4 Å². The fourth-order valence-corrected chi connectivity index (χ4v) is 3.31. The fourth-order valence-electron chi connectivity index (χ4n) is 1.77. The summed E-state index contributed by atoms with van der Waals surface area (Å²) >= 11 is 1.05. The monoisotopic (exact) mass is 327 g/mol. The molecule has 0 amide bonds. The average Bonchev–Trinajstić information content (AvgIpc) is 2.85. The van der Waals surface area contributed by atoms with Crippen LogP contribution in [0.3, 0.4) is 0 Å².